The van der Waals surface area contributed by atoms with Gasteiger partial charge in [-0.15, -0.1) is 0 Å². The highest BCUT2D eigenvalue weighted by atomic mass is 16.3. The molecule has 18 heavy (non-hydrogen) atoms. The van der Waals surface area contributed by atoms with E-state index in [1.54, 1.807) is 39.1 Å². The molecule has 1 amide bonds. The first-order chi connectivity index (χ1) is 8.26. The van der Waals surface area contributed by atoms with Gasteiger partial charge in [-0.3, -0.25) is 4.79 Å². The highest BCUT2D eigenvalue weighted by Crippen LogP contribution is 2.24. The maximum Gasteiger partial charge on any atom is 0.257 e. The first-order valence-corrected chi connectivity index (χ1v) is 6.05. The Hall–Kier alpha value is -1.55. The lowest BCUT2D eigenvalue weighted by atomic mass is 10.0. The van der Waals surface area contributed by atoms with E-state index in [-0.39, 0.29) is 23.8 Å². The lowest BCUT2D eigenvalue weighted by Crippen LogP contribution is -2.39. The molecule has 0 saturated heterocycles. The number of carbonyl (C=O) groups excluding carboxylic acids is 1. The second kappa shape index (κ2) is 5.40. The largest absolute Gasteiger partial charge is 0.507 e. The van der Waals surface area contributed by atoms with Crippen LogP contribution in [-0.4, -0.2) is 40.2 Å². The van der Waals surface area contributed by atoms with Gasteiger partial charge < -0.3 is 15.1 Å². The highest BCUT2D eigenvalue weighted by Gasteiger charge is 2.22. The summed E-state index contributed by atoms with van der Waals surface area (Å²) in [5.74, 6) is -0.252. The number of nitrogens with zero attached hydrogens (tertiary/aromatic N) is 1. The summed E-state index contributed by atoms with van der Waals surface area (Å²) in [4.78, 5) is 13.6. The van der Waals surface area contributed by atoms with E-state index in [0.29, 0.717) is 6.42 Å². The summed E-state index contributed by atoms with van der Waals surface area (Å²) < 4.78 is 0. The van der Waals surface area contributed by atoms with Crippen LogP contribution in [0.1, 0.15) is 36.7 Å². The minimum absolute atomic E-state index is 0.0348. The van der Waals surface area contributed by atoms with Crippen LogP contribution in [-0.2, 0) is 6.42 Å². The van der Waals surface area contributed by atoms with Crippen LogP contribution in [0.15, 0.2) is 18.2 Å². The van der Waals surface area contributed by atoms with Crippen molar-refractivity contribution in [1.29, 1.82) is 0 Å². The zero-order chi connectivity index (χ0) is 13.9. The molecule has 4 nitrogen and oxygen atoms in total. The van der Waals surface area contributed by atoms with Gasteiger partial charge in [0.05, 0.1) is 11.2 Å². The second-order valence-corrected chi connectivity index (χ2v) is 5.14. The van der Waals surface area contributed by atoms with Crippen molar-refractivity contribution in [3.8, 4) is 5.75 Å². The van der Waals surface area contributed by atoms with Gasteiger partial charge in [0.25, 0.3) is 5.91 Å². The molecule has 0 unspecified atom stereocenters. The Labute approximate surface area is 108 Å². The first-order valence-electron chi connectivity index (χ1n) is 6.05. The molecule has 0 bridgehead atoms. The van der Waals surface area contributed by atoms with Gasteiger partial charge in [0.2, 0.25) is 0 Å². The number of aliphatic hydroxyl groups is 1. The fraction of sp³-hybridized carbons (Fsp3) is 0.500. The summed E-state index contributed by atoms with van der Waals surface area (Å²) in [6.07, 6.45) is 0.669. The monoisotopic (exact) mass is 251 g/mol. The fourth-order valence-corrected chi connectivity index (χ4v) is 1.91. The van der Waals surface area contributed by atoms with Crippen molar-refractivity contribution in [2.45, 2.75) is 32.8 Å². The van der Waals surface area contributed by atoms with Crippen LogP contribution < -0.4 is 0 Å². The van der Waals surface area contributed by atoms with E-state index < -0.39 is 5.60 Å². The van der Waals surface area contributed by atoms with E-state index in [9.17, 15) is 15.0 Å². The fourth-order valence-electron chi connectivity index (χ4n) is 1.91. The molecular weight excluding hydrogens is 230 g/mol. The molecule has 2 N–H and O–H groups in total. The van der Waals surface area contributed by atoms with Crippen LogP contribution in [0.3, 0.4) is 0 Å². The zero-order valence-electron chi connectivity index (χ0n) is 11.4. The van der Waals surface area contributed by atoms with E-state index in [1.807, 2.05) is 6.92 Å². The van der Waals surface area contributed by atoms with E-state index in [1.165, 1.54) is 4.90 Å². The normalized spacial score (nSPS) is 11.4. The Morgan fingerprint density at radius 3 is 2.50 bits per heavy atom. The van der Waals surface area contributed by atoms with Crippen LogP contribution in [0.4, 0.5) is 0 Å². The van der Waals surface area contributed by atoms with Crippen molar-refractivity contribution in [3.63, 3.8) is 0 Å². The highest BCUT2D eigenvalue weighted by molar-refractivity contribution is 5.97. The molecule has 0 fully saturated rings. The Kier molecular flexibility index (Phi) is 4.35. The van der Waals surface area contributed by atoms with E-state index in [4.69, 9.17) is 0 Å². The number of rotatable bonds is 4. The summed E-state index contributed by atoms with van der Waals surface area (Å²) in [5.41, 5.74) is 0.0705. The van der Waals surface area contributed by atoms with Crippen LogP contribution in [0.2, 0.25) is 0 Å². The molecule has 0 aromatic heterocycles. The van der Waals surface area contributed by atoms with Crippen LogP contribution in [0.5, 0.6) is 5.75 Å². The average molecular weight is 251 g/mol. The summed E-state index contributed by atoms with van der Waals surface area (Å²) in [7, 11) is 1.61. The Morgan fingerprint density at radius 2 is 2.00 bits per heavy atom. The van der Waals surface area contributed by atoms with Gasteiger partial charge in [-0.25, -0.2) is 0 Å². The molecule has 0 aliphatic heterocycles. The summed E-state index contributed by atoms with van der Waals surface area (Å²) in [6, 6.07) is 5.14. The zero-order valence-corrected chi connectivity index (χ0v) is 11.4. The maximum absolute atomic E-state index is 12.2. The molecule has 0 radical (unpaired) electrons. The van der Waals surface area contributed by atoms with Gasteiger partial charge in [-0.05, 0) is 31.9 Å². The SMILES string of the molecule is CCc1cccc(C(=O)N(C)CC(C)(C)O)c1O. The Bertz CT molecular complexity index is 435. The number of carbonyl (C=O) groups is 1. The summed E-state index contributed by atoms with van der Waals surface area (Å²) >= 11 is 0. The number of para-hydroxylation sites is 1. The number of hydrogen-bond donors (Lipinski definition) is 2. The smallest absolute Gasteiger partial charge is 0.257 e. The lowest BCUT2D eigenvalue weighted by molar-refractivity contribution is 0.0366. The third-order valence-corrected chi connectivity index (χ3v) is 2.70. The molecule has 100 valence electrons. The summed E-state index contributed by atoms with van der Waals surface area (Å²) in [5, 5.41) is 19.7. The molecule has 0 aliphatic carbocycles. The topological polar surface area (TPSA) is 60.8 Å². The van der Waals surface area contributed by atoms with Crippen molar-refractivity contribution < 1.29 is 15.0 Å². The number of amides is 1. The number of benzene rings is 1. The van der Waals surface area contributed by atoms with Gasteiger partial charge in [-0.2, -0.15) is 0 Å². The second-order valence-electron chi connectivity index (χ2n) is 5.14. The Morgan fingerprint density at radius 1 is 1.39 bits per heavy atom. The Balaban J connectivity index is 2.97. The lowest BCUT2D eigenvalue weighted by Gasteiger charge is -2.26. The van der Waals surface area contributed by atoms with Gasteiger partial charge >= 0.3 is 0 Å². The van der Waals surface area contributed by atoms with Gasteiger partial charge in [0, 0.05) is 13.6 Å². The predicted molar refractivity (Wildman–Crippen MR) is 70.7 cm³/mol. The number of aryl methyl sites for hydroxylation is 1. The number of hydrogen-bond acceptors (Lipinski definition) is 3. The predicted octanol–water partition coefficient (Wildman–Crippen LogP) is 1.80. The minimum Gasteiger partial charge on any atom is -0.507 e. The average Bonchev–Trinajstić information content (AvgIpc) is 2.26. The third kappa shape index (κ3) is 3.47. The van der Waals surface area contributed by atoms with Crippen molar-refractivity contribution >= 4 is 5.91 Å². The van der Waals surface area contributed by atoms with Gasteiger partial charge in [-0.1, -0.05) is 19.1 Å². The first kappa shape index (κ1) is 14.5. The molecule has 0 heterocycles. The molecule has 4 heteroatoms. The van der Waals surface area contributed by atoms with E-state index >= 15 is 0 Å². The van der Waals surface area contributed by atoms with Crippen LogP contribution in [0, 0.1) is 0 Å². The number of phenolic OH excluding ortho intramolecular Hbond substituents is 1. The van der Waals surface area contributed by atoms with Crippen molar-refractivity contribution in [2.24, 2.45) is 0 Å². The molecule has 0 atom stereocenters. The van der Waals surface area contributed by atoms with Crippen molar-refractivity contribution in [2.75, 3.05) is 13.6 Å². The number of aromatic hydroxyl groups is 1. The third-order valence-electron chi connectivity index (χ3n) is 2.70. The van der Waals surface area contributed by atoms with E-state index in [0.717, 1.165) is 5.56 Å². The molecule has 1 aromatic rings. The molecule has 0 spiro atoms. The van der Waals surface area contributed by atoms with Gasteiger partial charge in [0.1, 0.15) is 5.75 Å². The van der Waals surface area contributed by atoms with Crippen LogP contribution >= 0.6 is 0 Å². The maximum atomic E-state index is 12.2. The minimum atomic E-state index is -0.956. The molecular formula is C14H21NO3. The molecule has 1 aromatic carbocycles. The molecule has 1 rings (SSSR count). The van der Waals surface area contributed by atoms with Crippen LogP contribution in [0.25, 0.3) is 0 Å². The number of likely N-dealkylation sites (N-methyl/N-ethyl adjacent to an activating group) is 1. The van der Waals surface area contributed by atoms with Crippen molar-refractivity contribution in [1.82, 2.24) is 4.90 Å². The van der Waals surface area contributed by atoms with E-state index in [2.05, 4.69) is 0 Å². The number of phenols is 1. The summed E-state index contributed by atoms with van der Waals surface area (Å²) in [6.45, 7) is 5.41. The van der Waals surface area contributed by atoms with Gasteiger partial charge in [0.15, 0.2) is 0 Å². The van der Waals surface area contributed by atoms with Crippen molar-refractivity contribution in [3.05, 3.63) is 29.3 Å². The quantitative estimate of drug-likeness (QED) is 0.857. The molecule has 0 saturated carbocycles. The molecule has 0 aliphatic rings. The standard InChI is InChI=1S/C14H21NO3/c1-5-10-7-6-8-11(12(10)16)13(17)15(4)9-14(2,3)18/h6-8,16,18H,5,9H2,1-4H3.